The van der Waals surface area contributed by atoms with Crippen LogP contribution in [0, 0.1) is 0 Å². The maximum atomic E-state index is 13.0. The van der Waals surface area contributed by atoms with Crippen molar-refractivity contribution < 1.29 is 9.53 Å². The van der Waals surface area contributed by atoms with Gasteiger partial charge in [-0.15, -0.1) is 0 Å². The summed E-state index contributed by atoms with van der Waals surface area (Å²) in [5.41, 5.74) is 2.67. The lowest BCUT2D eigenvalue weighted by atomic mass is 9.93. The highest BCUT2D eigenvalue weighted by atomic mass is 16.5. The first-order valence-electron chi connectivity index (χ1n) is 9.36. The highest BCUT2D eigenvalue weighted by Crippen LogP contribution is 2.24. The van der Waals surface area contributed by atoms with E-state index in [-0.39, 0.29) is 11.9 Å². The molecule has 2 aliphatic heterocycles. The SMILES string of the molecule is CN(C)CCOC1CCN(C(=O)C2Cc3ccccc3CN2C)CC1. The van der Waals surface area contributed by atoms with Gasteiger partial charge in [-0.1, -0.05) is 24.3 Å². The number of likely N-dealkylation sites (tertiary alicyclic amines) is 1. The zero-order chi connectivity index (χ0) is 17.8. The molecule has 2 aliphatic rings. The van der Waals surface area contributed by atoms with Gasteiger partial charge in [-0.05, 0) is 51.5 Å². The molecule has 1 aromatic rings. The molecule has 5 heteroatoms. The largest absolute Gasteiger partial charge is 0.377 e. The summed E-state index contributed by atoms with van der Waals surface area (Å²) in [6, 6.07) is 8.45. The highest BCUT2D eigenvalue weighted by molar-refractivity contribution is 5.82. The molecule has 2 heterocycles. The Labute approximate surface area is 151 Å². The molecule has 1 aromatic carbocycles. The van der Waals surface area contributed by atoms with Gasteiger partial charge in [0.2, 0.25) is 5.91 Å². The molecule has 0 aliphatic carbocycles. The summed E-state index contributed by atoms with van der Waals surface area (Å²) in [4.78, 5) is 19.4. The van der Waals surface area contributed by atoms with Gasteiger partial charge in [0.05, 0.1) is 18.8 Å². The van der Waals surface area contributed by atoms with Crippen LogP contribution < -0.4 is 0 Å². The van der Waals surface area contributed by atoms with E-state index in [4.69, 9.17) is 4.74 Å². The molecule has 0 bridgehead atoms. The van der Waals surface area contributed by atoms with Gasteiger partial charge in [0.15, 0.2) is 0 Å². The smallest absolute Gasteiger partial charge is 0.240 e. The summed E-state index contributed by atoms with van der Waals surface area (Å²) in [6.07, 6.45) is 3.03. The Morgan fingerprint density at radius 1 is 1.20 bits per heavy atom. The number of benzene rings is 1. The van der Waals surface area contributed by atoms with Gasteiger partial charge in [-0.2, -0.15) is 0 Å². The van der Waals surface area contributed by atoms with Crippen molar-refractivity contribution in [1.29, 1.82) is 0 Å². The van der Waals surface area contributed by atoms with E-state index >= 15 is 0 Å². The third-order valence-corrected chi connectivity index (χ3v) is 5.41. The van der Waals surface area contributed by atoms with Crippen molar-refractivity contribution in [2.24, 2.45) is 0 Å². The Morgan fingerprint density at radius 3 is 2.56 bits per heavy atom. The number of hydrogen-bond acceptors (Lipinski definition) is 4. The van der Waals surface area contributed by atoms with Crippen molar-refractivity contribution in [3.63, 3.8) is 0 Å². The van der Waals surface area contributed by atoms with Crippen LogP contribution in [0.1, 0.15) is 24.0 Å². The summed E-state index contributed by atoms with van der Waals surface area (Å²) in [5.74, 6) is 0.281. The van der Waals surface area contributed by atoms with Gasteiger partial charge >= 0.3 is 0 Å². The average molecular weight is 345 g/mol. The normalized spacial score (nSPS) is 22.2. The van der Waals surface area contributed by atoms with Gasteiger partial charge in [0.1, 0.15) is 0 Å². The molecule has 3 rings (SSSR count). The van der Waals surface area contributed by atoms with E-state index in [0.717, 1.165) is 52.0 Å². The molecule has 0 radical (unpaired) electrons. The quantitative estimate of drug-likeness (QED) is 0.812. The Bertz CT molecular complexity index is 582. The molecule has 25 heavy (non-hydrogen) atoms. The van der Waals surface area contributed by atoms with Gasteiger partial charge in [-0.25, -0.2) is 0 Å². The van der Waals surface area contributed by atoms with E-state index in [2.05, 4.69) is 55.2 Å². The van der Waals surface area contributed by atoms with E-state index in [1.165, 1.54) is 11.1 Å². The molecule has 138 valence electrons. The van der Waals surface area contributed by atoms with Crippen molar-refractivity contribution >= 4 is 5.91 Å². The predicted molar refractivity (Wildman–Crippen MR) is 99.5 cm³/mol. The first-order chi connectivity index (χ1) is 12.0. The van der Waals surface area contributed by atoms with Crippen LogP contribution in [0.2, 0.25) is 0 Å². The zero-order valence-corrected chi connectivity index (χ0v) is 15.8. The van der Waals surface area contributed by atoms with Crippen LogP contribution in [0.3, 0.4) is 0 Å². The lowest BCUT2D eigenvalue weighted by molar-refractivity contribution is -0.139. The van der Waals surface area contributed by atoms with Crippen molar-refractivity contribution in [3.8, 4) is 0 Å². The van der Waals surface area contributed by atoms with Crippen molar-refractivity contribution in [1.82, 2.24) is 14.7 Å². The van der Waals surface area contributed by atoms with Crippen LogP contribution in [0.4, 0.5) is 0 Å². The average Bonchev–Trinajstić information content (AvgIpc) is 2.61. The number of amides is 1. The summed E-state index contributed by atoms with van der Waals surface area (Å²) in [5, 5.41) is 0. The number of fused-ring (bicyclic) bond motifs is 1. The summed E-state index contributed by atoms with van der Waals surface area (Å²) >= 11 is 0. The number of hydrogen-bond donors (Lipinski definition) is 0. The summed E-state index contributed by atoms with van der Waals surface area (Å²) in [6.45, 7) is 4.21. The van der Waals surface area contributed by atoms with Crippen LogP contribution in [-0.4, -0.2) is 80.1 Å². The second-order valence-corrected chi connectivity index (χ2v) is 7.60. The number of carbonyl (C=O) groups excluding carboxylic acids is 1. The topological polar surface area (TPSA) is 36.0 Å². The number of carbonyl (C=O) groups is 1. The van der Waals surface area contributed by atoms with E-state index in [0.29, 0.717) is 6.10 Å². The first kappa shape index (κ1) is 18.4. The molecule has 0 N–H and O–H groups in total. The standard InChI is InChI=1S/C20H31N3O2/c1-21(2)12-13-25-18-8-10-23(11-9-18)20(24)19-14-16-6-4-5-7-17(16)15-22(19)3/h4-7,18-19H,8-15H2,1-3H3. The minimum atomic E-state index is -0.0268. The molecule has 1 saturated heterocycles. The fourth-order valence-corrected chi connectivity index (χ4v) is 3.79. The third-order valence-electron chi connectivity index (χ3n) is 5.41. The van der Waals surface area contributed by atoms with Gasteiger partial charge < -0.3 is 14.5 Å². The van der Waals surface area contributed by atoms with Crippen LogP contribution in [-0.2, 0) is 22.5 Å². The Kier molecular flexibility index (Phi) is 6.10. The fourth-order valence-electron chi connectivity index (χ4n) is 3.79. The number of ether oxygens (including phenoxy) is 1. The van der Waals surface area contributed by atoms with Gasteiger partial charge in [0, 0.05) is 26.2 Å². The molecular formula is C20H31N3O2. The minimum absolute atomic E-state index is 0.0268. The lowest BCUT2D eigenvalue weighted by Gasteiger charge is -2.39. The van der Waals surface area contributed by atoms with Gasteiger partial charge in [0.25, 0.3) is 0 Å². The summed E-state index contributed by atoms with van der Waals surface area (Å²) < 4.78 is 5.94. The second kappa shape index (κ2) is 8.30. The predicted octanol–water partition coefficient (Wildman–Crippen LogP) is 1.61. The zero-order valence-electron chi connectivity index (χ0n) is 15.8. The Balaban J connectivity index is 1.51. The monoisotopic (exact) mass is 345 g/mol. The fraction of sp³-hybridized carbons (Fsp3) is 0.650. The van der Waals surface area contributed by atoms with Crippen molar-refractivity contribution in [2.75, 3.05) is 47.4 Å². The molecular weight excluding hydrogens is 314 g/mol. The van der Waals surface area contributed by atoms with Crippen molar-refractivity contribution in [2.45, 2.75) is 38.0 Å². The maximum Gasteiger partial charge on any atom is 0.240 e. The Morgan fingerprint density at radius 2 is 1.88 bits per heavy atom. The molecule has 1 amide bonds. The van der Waals surface area contributed by atoms with Crippen molar-refractivity contribution in [3.05, 3.63) is 35.4 Å². The lowest BCUT2D eigenvalue weighted by Crippen LogP contribution is -2.52. The van der Waals surface area contributed by atoms with E-state index in [1.54, 1.807) is 0 Å². The van der Waals surface area contributed by atoms with Crippen LogP contribution in [0.25, 0.3) is 0 Å². The van der Waals surface area contributed by atoms with E-state index in [1.807, 2.05) is 4.90 Å². The molecule has 0 saturated carbocycles. The number of rotatable bonds is 5. The highest BCUT2D eigenvalue weighted by Gasteiger charge is 2.33. The maximum absolute atomic E-state index is 13.0. The van der Waals surface area contributed by atoms with E-state index < -0.39 is 0 Å². The second-order valence-electron chi connectivity index (χ2n) is 7.60. The number of piperidine rings is 1. The molecule has 1 fully saturated rings. The number of nitrogens with zero attached hydrogens (tertiary/aromatic N) is 3. The van der Waals surface area contributed by atoms with E-state index in [9.17, 15) is 4.79 Å². The molecule has 1 atom stereocenters. The Hall–Kier alpha value is -1.43. The minimum Gasteiger partial charge on any atom is -0.377 e. The first-order valence-corrected chi connectivity index (χ1v) is 9.36. The molecule has 0 aromatic heterocycles. The molecule has 5 nitrogen and oxygen atoms in total. The van der Waals surface area contributed by atoms with Crippen LogP contribution in [0.5, 0.6) is 0 Å². The van der Waals surface area contributed by atoms with Gasteiger partial charge in [-0.3, -0.25) is 9.69 Å². The molecule has 1 unspecified atom stereocenters. The molecule has 0 spiro atoms. The van der Waals surface area contributed by atoms with Crippen LogP contribution >= 0.6 is 0 Å². The summed E-state index contributed by atoms with van der Waals surface area (Å²) in [7, 11) is 6.18. The third kappa shape index (κ3) is 4.60. The van der Waals surface area contributed by atoms with Crippen LogP contribution in [0.15, 0.2) is 24.3 Å². The number of likely N-dealkylation sites (N-methyl/N-ethyl adjacent to an activating group) is 2.